The third-order valence-electron chi connectivity index (χ3n) is 3.16. The lowest BCUT2D eigenvalue weighted by atomic mass is 10.3. The van der Waals surface area contributed by atoms with E-state index < -0.39 is 0 Å². The monoisotopic (exact) mass is 243 g/mol. The average Bonchev–Trinajstić information content (AvgIpc) is 2.27. The Hall–Kier alpha value is -0.650. The number of nitrogens with zero attached hydrogens (tertiary/aromatic N) is 2. The van der Waals surface area contributed by atoms with Gasteiger partial charge in [-0.2, -0.15) is 0 Å². The molecule has 1 atom stereocenters. The Morgan fingerprint density at radius 1 is 1.59 bits per heavy atom. The molecule has 0 saturated carbocycles. The predicted octanol–water partition coefficient (Wildman–Crippen LogP) is -0.227. The van der Waals surface area contributed by atoms with Gasteiger partial charge in [-0.1, -0.05) is 0 Å². The van der Waals surface area contributed by atoms with Gasteiger partial charge in [-0.05, 0) is 20.9 Å². The van der Waals surface area contributed by atoms with Gasteiger partial charge in [0.2, 0.25) is 5.91 Å². The standard InChI is InChI=1S/C12H25N3O2/c1-10(2)15(4)12(16)8-13-7-11-9-14(3)5-6-17-11/h10-11,13H,5-9H2,1-4H3. The van der Waals surface area contributed by atoms with Crippen molar-refractivity contribution in [1.82, 2.24) is 15.1 Å². The van der Waals surface area contributed by atoms with Gasteiger partial charge < -0.3 is 19.9 Å². The van der Waals surface area contributed by atoms with Crippen molar-refractivity contribution in [3.8, 4) is 0 Å². The van der Waals surface area contributed by atoms with Gasteiger partial charge in [0.05, 0.1) is 19.3 Å². The van der Waals surface area contributed by atoms with E-state index in [0.717, 1.165) is 26.2 Å². The normalized spacial score (nSPS) is 21.8. The minimum absolute atomic E-state index is 0.129. The van der Waals surface area contributed by atoms with Crippen molar-refractivity contribution >= 4 is 5.91 Å². The summed E-state index contributed by atoms with van der Waals surface area (Å²) in [6.07, 6.45) is 0.200. The molecular formula is C12H25N3O2. The molecule has 0 bridgehead atoms. The minimum Gasteiger partial charge on any atom is -0.374 e. The van der Waals surface area contributed by atoms with Crippen LogP contribution >= 0.6 is 0 Å². The molecule has 0 aromatic rings. The van der Waals surface area contributed by atoms with Crippen molar-refractivity contribution in [2.24, 2.45) is 0 Å². The first-order valence-electron chi connectivity index (χ1n) is 6.27. The van der Waals surface area contributed by atoms with Crippen LogP contribution in [0.5, 0.6) is 0 Å². The van der Waals surface area contributed by atoms with E-state index in [2.05, 4.69) is 17.3 Å². The Balaban J connectivity index is 2.16. The molecule has 1 aliphatic rings. The zero-order chi connectivity index (χ0) is 12.8. The number of carbonyl (C=O) groups excluding carboxylic acids is 1. The number of rotatable bonds is 5. The zero-order valence-corrected chi connectivity index (χ0v) is 11.4. The summed E-state index contributed by atoms with van der Waals surface area (Å²) in [4.78, 5) is 15.7. The van der Waals surface area contributed by atoms with E-state index in [1.807, 2.05) is 20.9 Å². The summed E-state index contributed by atoms with van der Waals surface area (Å²) in [5.74, 6) is 0.129. The molecule has 0 aromatic heterocycles. The molecule has 5 nitrogen and oxygen atoms in total. The Kier molecular flexibility index (Phi) is 5.88. The summed E-state index contributed by atoms with van der Waals surface area (Å²) in [6.45, 7) is 7.85. The Labute approximate surface area is 104 Å². The SMILES string of the molecule is CC(C)N(C)C(=O)CNCC1CN(C)CCO1. The molecule has 0 spiro atoms. The topological polar surface area (TPSA) is 44.8 Å². The van der Waals surface area contributed by atoms with Crippen molar-refractivity contribution in [2.45, 2.75) is 26.0 Å². The van der Waals surface area contributed by atoms with Gasteiger partial charge in [0, 0.05) is 32.7 Å². The summed E-state index contributed by atoms with van der Waals surface area (Å²) in [7, 11) is 3.92. The minimum atomic E-state index is 0.129. The number of amides is 1. The van der Waals surface area contributed by atoms with Crippen LogP contribution in [-0.4, -0.2) is 74.7 Å². The van der Waals surface area contributed by atoms with E-state index in [9.17, 15) is 4.79 Å². The summed E-state index contributed by atoms with van der Waals surface area (Å²) < 4.78 is 5.61. The molecule has 1 aliphatic heterocycles. The van der Waals surface area contributed by atoms with Crippen LogP contribution in [0.2, 0.25) is 0 Å². The molecule has 1 fully saturated rings. The summed E-state index contributed by atoms with van der Waals surface area (Å²) in [5.41, 5.74) is 0. The first-order chi connectivity index (χ1) is 8.00. The van der Waals surface area contributed by atoms with Gasteiger partial charge >= 0.3 is 0 Å². The van der Waals surface area contributed by atoms with Crippen LogP contribution in [0.4, 0.5) is 0 Å². The van der Waals surface area contributed by atoms with Gasteiger partial charge in [-0.3, -0.25) is 4.79 Å². The Bertz CT molecular complexity index is 246. The number of morpholine rings is 1. The van der Waals surface area contributed by atoms with Crippen LogP contribution < -0.4 is 5.32 Å². The van der Waals surface area contributed by atoms with Gasteiger partial charge in [0.15, 0.2) is 0 Å². The molecule has 0 radical (unpaired) electrons. The fourth-order valence-electron chi connectivity index (χ4n) is 1.74. The van der Waals surface area contributed by atoms with Crippen molar-refractivity contribution in [3.05, 3.63) is 0 Å². The lowest BCUT2D eigenvalue weighted by Crippen LogP contribution is -2.47. The van der Waals surface area contributed by atoms with Gasteiger partial charge in [0.25, 0.3) is 0 Å². The number of nitrogens with one attached hydrogen (secondary N) is 1. The Morgan fingerprint density at radius 3 is 2.88 bits per heavy atom. The van der Waals surface area contributed by atoms with Gasteiger partial charge in [-0.25, -0.2) is 0 Å². The average molecular weight is 243 g/mol. The molecular weight excluding hydrogens is 218 g/mol. The van der Waals surface area contributed by atoms with Crippen LogP contribution in [0.25, 0.3) is 0 Å². The highest BCUT2D eigenvalue weighted by atomic mass is 16.5. The number of hydrogen-bond acceptors (Lipinski definition) is 4. The van der Waals surface area contributed by atoms with E-state index in [1.165, 1.54) is 0 Å². The second-order valence-corrected chi connectivity index (χ2v) is 4.98. The smallest absolute Gasteiger partial charge is 0.236 e. The van der Waals surface area contributed by atoms with Gasteiger partial charge in [0.1, 0.15) is 0 Å². The van der Waals surface area contributed by atoms with Crippen molar-refractivity contribution < 1.29 is 9.53 Å². The third kappa shape index (κ3) is 5.02. The highest BCUT2D eigenvalue weighted by Crippen LogP contribution is 2.01. The van der Waals surface area contributed by atoms with Crippen molar-refractivity contribution in [2.75, 3.05) is 46.9 Å². The summed E-state index contributed by atoms with van der Waals surface area (Å²) in [6, 6.07) is 0.251. The van der Waals surface area contributed by atoms with Crippen LogP contribution in [0.3, 0.4) is 0 Å². The zero-order valence-electron chi connectivity index (χ0n) is 11.4. The fraction of sp³-hybridized carbons (Fsp3) is 0.917. The van der Waals surface area contributed by atoms with E-state index in [0.29, 0.717) is 6.54 Å². The van der Waals surface area contributed by atoms with E-state index in [-0.39, 0.29) is 18.1 Å². The van der Waals surface area contributed by atoms with Crippen LogP contribution in [0.1, 0.15) is 13.8 Å². The molecule has 1 saturated heterocycles. The molecule has 0 aliphatic carbocycles. The van der Waals surface area contributed by atoms with Crippen molar-refractivity contribution in [3.63, 3.8) is 0 Å². The highest BCUT2D eigenvalue weighted by Gasteiger charge is 2.18. The lowest BCUT2D eigenvalue weighted by molar-refractivity contribution is -0.130. The quantitative estimate of drug-likeness (QED) is 0.725. The largest absolute Gasteiger partial charge is 0.374 e. The number of carbonyl (C=O) groups is 1. The summed E-state index contributed by atoms with van der Waals surface area (Å²) >= 11 is 0. The maximum absolute atomic E-state index is 11.7. The first-order valence-corrected chi connectivity index (χ1v) is 6.27. The molecule has 1 rings (SSSR count). The van der Waals surface area contributed by atoms with Gasteiger partial charge in [-0.15, -0.1) is 0 Å². The number of hydrogen-bond donors (Lipinski definition) is 1. The third-order valence-corrected chi connectivity index (χ3v) is 3.16. The molecule has 17 heavy (non-hydrogen) atoms. The molecule has 0 aromatic carbocycles. The number of ether oxygens (including phenoxy) is 1. The van der Waals surface area contributed by atoms with Crippen LogP contribution in [-0.2, 0) is 9.53 Å². The number of likely N-dealkylation sites (N-methyl/N-ethyl adjacent to an activating group) is 2. The summed E-state index contributed by atoms with van der Waals surface area (Å²) in [5, 5.41) is 3.17. The molecule has 1 amide bonds. The maximum atomic E-state index is 11.7. The maximum Gasteiger partial charge on any atom is 0.236 e. The second kappa shape index (κ2) is 6.93. The highest BCUT2D eigenvalue weighted by molar-refractivity contribution is 5.78. The molecule has 100 valence electrons. The van der Waals surface area contributed by atoms with Crippen molar-refractivity contribution in [1.29, 1.82) is 0 Å². The molecule has 1 unspecified atom stereocenters. The van der Waals surface area contributed by atoms with E-state index in [4.69, 9.17) is 4.74 Å². The lowest BCUT2D eigenvalue weighted by Gasteiger charge is -2.30. The predicted molar refractivity (Wildman–Crippen MR) is 68.0 cm³/mol. The van der Waals surface area contributed by atoms with E-state index in [1.54, 1.807) is 4.90 Å². The van der Waals surface area contributed by atoms with E-state index >= 15 is 0 Å². The Morgan fingerprint density at radius 2 is 2.29 bits per heavy atom. The second-order valence-electron chi connectivity index (χ2n) is 4.98. The molecule has 1 N–H and O–H groups in total. The fourth-order valence-corrected chi connectivity index (χ4v) is 1.74. The van der Waals surface area contributed by atoms with Crippen LogP contribution in [0, 0.1) is 0 Å². The first kappa shape index (κ1) is 14.4. The molecule has 5 heteroatoms. The van der Waals surface area contributed by atoms with Crippen LogP contribution in [0.15, 0.2) is 0 Å². The molecule has 1 heterocycles.